The number of rotatable bonds is 3. The molecule has 0 aromatic heterocycles. The Balaban J connectivity index is 0.00000121. The Bertz CT molecular complexity index is 324. The molecule has 0 aliphatic carbocycles. The van der Waals surface area contributed by atoms with E-state index in [9.17, 15) is 4.79 Å². The molecule has 1 aliphatic rings. The lowest BCUT2D eigenvalue weighted by molar-refractivity contribution is -0.120. The Morgan fingerprint density at radius 1 is 1.41 bits per heavy atom. The lowest BCUT2D eigenvalue weighted by Crippen LogP contribution is -2.20. The summed E-state index contributed by atoms with van der Waals surface area (Å²) in [6, 6.07) is 0. The van der Waals surface area contributed by atoms with E-state index in [1.165, 1.54) is 5.57 Å². The number of hydrogen-bond acceptors (Lipinski definition) is 1. The zero-order valence-electron chi connectivity index (χ0n) is 11.6. The summed E-state index contributed by atoms with van der Waals surface area (Å²) in [4.78, 5) is 11.4. The summed E-state index contributed by atoms with van der Waals surface area (Å²) in [5, 5.41) is 2.94. The van der Waals surface area contributed by atoms with Crippen molar-refractivity contribution in [2.75, 3.05) is 0 Å². The summed E-state index contributed by atoms with van der Waals surface area (Å²) >= 11 is 0. The van der Waals surface area contributed by atoms with Gasteiger partial charge in [0.25, 0.3) is 0 Å². The molecule has 1 aliphatic heterocycles. The molecule has 0 aromatic rings. The molecule has 0 radical (unpaired) electrons. The van der Waals surface area contributed by atoms with Crippen molar-refractivity contribution in [3.63, 3.8) is 0 Å². The minimum atomic E-state index is 0.113. The van der Waals surface area contributed by atoms with Crippen molar-refractivity contribution in [1.82, 2.24) is 5.32 Å². The monoisotopic (exact) mass is 235 g/mol. The summed E-state index contributed by atoms with van der Waals surface area (Å²) in [7, 11) is 0. The highest BCUT2D eigenvalue weighted by Crippen LogP contribution is 2.18. The van der Waals surface area contributed by atoms with E-state index in [1.807, 2.05) is 19.9 Å². The number of amides is 1. The Hall–Kier alpha value is -1.31. The first-order valence-electron chi connectivity index (χ1n) is 6.50. The second kappa shape index (κ2) is 8.80. The van der Waals surface area contributed by atoms with Crippen LogP contribution in [-0.2, 0) is 4.79 Å². The first-order valence-corrected chi connectivity index (χ1v) is 6.50. The summed E-state index contributed by atoms with van der Waals surface area (Å²) in [6.07, 6.45) is 7.37. The van der Waals surface area contributed by atoms with Crippen LogP contribution >= 0.6 is 0 Å². The Morgan fingerprint density at radius 3 is 2.59 bits per heavy atom. The van der Waals surface area contributed by atoms with Crippen LogP contribution in [0, 0.1) is 0 Å². The second-order valence-electron chi connectivity index (χ2n) is 3.89. The lowest BCUT2D eigenvalue weighted by atomic mass is 10.1. The van der Waals surface area contributed by atoms with E-state index in [1.54, 1.807) is 0 Å². The predicted molar refractivity (Wildman–Crippen MR) is 74.6 cm³/mol. The highest BCUT2D eigenvalue weighted by molar-refractivity contribution is 5.79. The highest BCUT2D eigenvalue weighted by atomic mass is 16.1. The van der Waals surface area contributed by atoms with Gasteiger partial charge < -0.3 is 5.32 Å². The molecule has 17 heavy (non-hydrogen) atoms. The number of carbonyl (C=O) groups is 1. The van der Waals surface area contributed by atoms with Crippen molar-refractivity contribution in [2.24, 2.45) is 0 Å². The fraction of sp³-hybridized carbons (Fsp3) is 0.533. The molecular formula is C15H25NO. The van der Waals surface area contributed by atoms with Gasteiger partial charge in [-0.2, -0.15) is 0 Å². The minimum Gasteiger partial charge on any atom is -0.326 e. The molecule has 2 heteroatoms. The molecule has 1 N–H and O–H groups in total. The van der Waals surface area contributed by atoms with Crippen LogP contribution in [0.25, 0.3) is 0 Å². The van der Waals surface area contributed by atoms with Gasteiger partial charge in [-0.3, -0.25) is 4.79 Å². The molecular weight excluding hydrogens is 210 g/mol. The van der Waals surface area contributed by atoms with Gasteiger partial charge in [-0.25, -0.2) is 0 Å². The molecule has 0 saturated heterocycles. The van der Waals surface area contributed by atoms with Crippen LogP contribution in [0.1, 0.15) is 53.4 Å². The summed E-state index contributed by atoms with van der Waals surface area (Å²) in [5.74, 6) is 0.113. The summed E-state index contributed by atoms with van der Waals surface area (Å²) < 4.78 is 0. The fourth-order valence-corrected chi connectivity index (χ4v) is 1.56. The van der Waals surface area contributed by atoms with Crippen molar-refractivity contribution < 1.29 is 4.79 Å². The normalized spacial score (nSPS) is 16.7. The van der Waals surface area contributed by atoms with E-state index in [4.69, 9.17) is 0 Å². The van der Waals surface area contributed by atoms with E-state index < -0.39 is 0 Å². The Kier molecular flexibility index (Phi) is 8.12. The smallest absolute Gasteiger partial charge is 0.224 e. The van der Waals surface area contributed by atoms with E-state index in [0.29, 0.717) is 6.42 Å². The molecule has 0 bridgehead atoms. The van der Waals surface area contributed by atoms with Gasteiger partial charge in [0.2, 0.25) is 5.91 Å². The van der Waals surface area contributed by atoms with Gasteiger partial charge in [0.15, 0.2) is 0 Å². The van der Waals surface area contributed by atoms with Crippen LogP contribution in [0.5, 0.6) is 0 Å². The third kappa shape index (κ3) is 5.53. The standard InChI is InChI=1S/C13H19NO.C2H6/c1-4-10(3)9-12-11(5-2)7-6-8-13(15)14-12;1-2/h5,9H,2,4,6-8H2,1,3H3,(H,14,15);1-2H3/b10-9+;. The van der Waals surface area contributed by atoms with Crippen LogP contribution in [0.3, 0.4) is 0 Å². The zero-order chi connectivity index (χ0) is 13.3. The number of nitrogens with one attached hydrogen (secondary N) is 1. The molecule has 1 amide bonds. The van der Waals surface area contributed by atoms with Gasteiger partial charge >= 0.3 is 0 Å². The Labute approximate surface area is 105 Å². The van der Waals surface area contributed by atoms with Crippen molar-refractivity contribution in [3.8, 4) is 0 Å². The molecule has 2 nitrogen and oxygen atoms in total. The maximum Gasteiger partial charge on any atom is 0.224 e. The molecule has 1 heterocycles. The maximum absolute atomic E-state index is 11.4. The van der Waals surface area contributed by atoms with Gasteiger partial charge in [-0.05, 0) is 37.8 Å². The summed E-state index contributed by atoms with van der Waals surface area (Å²) in [5.41, 5.74) is 3.35. The average molecular weight is 235 g/mol. The van der Waals surface area contributed by atoms with Gasteiger partial charge in [0.05, 0.1) is 0 Å². The van der Waals surface area contributed by atoms with Crippen molar-refractivity contribution in [2.45, 2.75) is 53.4 Å². The predicted octanol–water partition coefficient (Wildman–Crippen LogP) is 4.11. The SMILES string of the molecule is C=CC1=C(/C=C(\C)CC)NC(=O)CCC1.CC. The van der Waals surface area contributed by atoms with Crippen LogP contribution in [0.4, 0.5) is 0 Å². The van der Waals surface area contributed by atoms with Crippen molar-refractivity contribution >= 4 is 5.91 Å². The summed E-state index contributed by atoms with van der Waals surface area (Å²) in [6.45, 7) is 12.0. The van der Waals surface area contributed by atoms with Crippen molar-refractivity contribution in [3.05, 3.63) is 35.6 Å². The van der Waals surface area contributed by atoms with Crippen molar-refractivity contribution in [1.29, 1.82) is 0 Å². The zero-order valence-corrected chi connectivity index (χ0v) is 11.6. The van der Waals surface area contributed by atoms with E-state index >= 15 is 0 Å². The topological polar surface area (TPSA) is 29.1 Å². The number of hydrogen-bond donors (Lipinski definition) is 1. The first kappa shape index (κ1) is 15.7. The van der Waals surface area contributed by atoms with Crippen LogP contribution < -0.4 is 5.32 Å². The van der Waals surface area contributed by atoms with Crippen LogP contribution in [-0.4, -0.2) is 5.91 Å². The lowest BCUT2D eigenvalue weighted by Gasteiger charge is -2.07. The minimum absolute atomic E-state index is 0.113. The molecule has 96 valence electrons. The average Bonchev–Trinajstić information content (AvgIpc) is 2.52. The van der Waals surface area contributed by atoms with E-state index in [0.717, 1.165) is 30.5 Å². The van der Waals surface area contributed by atoms with Crippen LogP contribution in [0.15, 0.2) is 35.6 Å². The molecule has 0 unspecified atom stereocenters. The third-order valence-electron chi connectivity index (χ3n) is 2.66. The maximum atomic E-state index is 11.4. The molecule has 0 atom stereocenters. The fourth-order valence-electron chi connectivity index (χ4n) is 1.56. The second-order valence-corrected chi connectivity index (χ2v) is 3.89. The molecule has 0 aromatic carbocycles. The first-order chi connectivity index (χ1) is 8.17. The number of allylic oxidation sites excluding steroid dienone is 4. The molecule has 0 fully saturated rings. The van der Waals surface area contributed by atoms with E-state index in [2.05, 4.69) is 31.8 Å². The Morgan fingerprint density at radius 2 is 2.06 bits per heavy atom. The molecule has 1 rings (SSSR count). The highest BCUT2D eigenvalue weighted by Gasteiger charge is 2.12. The molecule has 0 saturated carbocycles. The van der Waals surface area contributed by atoms with Gasteiger partial charge in [-0.15, -0.1) is 0 Å². The molecule has 0 spiro atoms. The number of carbonyl (C=O) groups excluding carboxylic acids is 1. The van der Waals surface area contributed by atoms with Gasteiger partial charge in [0, 0.05) is 12.1 Å². The largest absolute Gasteiger partial charge is 0.326 e. The van der Waals surface area contributed by atoms with Gasteiger partial charge in [-0.1, -0.05) is 39.0 Å². The van der Waals surface area contributed by atoms with Crippen LogP contribution in [0.2, 0.25) is 0 Å². The third-order valence-corrected chi connectivity index (χ3v) is 2.66. The van der Waals surface area contributed by atoms with E-state index in [-0.39, 0.29) is 5.91 Å². The quantitative estimate of drug-likeness (QED) is 0.783. The van der Waals surface area contributed by atoms with Gasteiger partial charge in [0.1, 0.15) is 0 Å².